The zero-order chi connectivity index (χ0) is 14.5. The van der Waals surface area contributed by atoms with Gasteiger partial charge in [0.1, 0.15) is 12.4 Å². The Hall–Kier alpha value is -1.68. The Morgan fingerprint density at radius 2 is 1.75 bits per heavy atom. The summed E-state index contributed by atoms with van der Waals surface area (Å²) in [4.78, 5) is 0. The van der Waals surface area contributed by atoms with E-state index in [0.717, 1.165) is 21.3 Å². The number of hydrogen-bond donors (Lipinski definition) is 0. The maximum Gasteiger partial charge on any atom is 0.175 e. The van der Waals surface area contributed by atoms with Gasteiger partial charge in [0.2, 0.25) is 0 Å². The second kappa shape index (κ2) is 6.66. The molecule has 1 radical (unpaired) electrons. The molecule has 2 rings (SSSR count). The van der Waals surface area contributed by atoms with Crippen molar-refractivity contribution in [2.45, 2.75) is 6.61 Å². The SMILES string of the molecule is [CH2]c1cc(Br)c(OCc2ccc(OC)cc2)c(OC)c1. The molecule has 0 saturated heterocycles. The van der Waals surface area contributed by atoms with Crippen molar-refractivity contribution in [3.8, 4) is 17.2 Å². The maximum atomic E-state index is 5.83. The molecule has 105 valence electrons. The molecule has 0 atom stereocenters. The molecule has 0 aromatic heterocycles. The normalized spacial score (nSPS) is 10.2. The highest BCUT2D eigenvalue weighted by Gasteiger charge is 2.10. The van der Waals surface area contributed by atoms with E-state index in [1.54, 1.807) is 14.2 Å². The van der Waals surface area contributed by atoms with Gasteiger partial charge >= 0.3 is 0 Å². The maximum absolute atomic E-state index is 5.83. The van der Waals surface area contributed by atoms with Gasteiger partial charge in [-0.3, -0.25) is 0 Å². The summed E-state index contributed by atoms with van der Waals surface area (Å²) in [6.07, 6.45) is 0. The molecular formula is C16H16BrO3. The van der Waals surface area contributed by atoms with Gasteiger partial charge in [0.25, 0.3) is 0 Å². The van der Waals surface area contributed by atoms with Crippen LogP contribution in [0.25, 0.3) is 0 Å². The molecule has 0 spiro atoms. The molecule has 0 unspecified atom stereocenters. The predicted octanol–water partition coefficient (Wildman–Crippen LogP) is 4.23. The largest absolute Gasteiger partial charge is 0.497 e. The van der Waals surface area contributed by atoms with Gasteiger partial charge in [-0.2, -0.15) is 0 Å². The molecule has 0 fully saturated rings. The van der Waals surface area contributed by atoms with Crippen LogP contribution in [0.1, 0.15) is 11.1 Å². The smallest absolute Gasteiger partial charge is 0.175 e. The lowest BCUT2D eigenvalue weighted by molar-refractivity contribution is 0.282. The van der Waals surface area contributed by atoms with E-state index in [1.807, 2.05) is 36.4 Å². The van der Waals surface area contributed by atoms with Crippen LogP contribution in [0.2, 0.25) is 0 Å². The van der Waals surface area contributed by atoms with Crippen LogP contribution in [0.15, 0.2) is 40.9 Å². The van der Waals surface area contributed by atoms with E-state index in [4.69, 9.17) is 14.2 Å². The van der Waals surface area contributed by atoms with E-state index in [1.165, 1.54) is 0 Å². The van der Waals surface area contributed by atoms with Crippen LogP contribution in [0.4, 0.5) is 0 Å². The second-order valence-corrected chi connectivity index (χ2v) is 5.10. The highest BCUT2D eigenvalue weighted by Crippen LogP contribution is 2.36. The number of halogens is 1. The van der Waals surface area contributed by atoms with Crippen molar-refractivity contribution < 1.29 is 14.2 Å². The minimum atomic E-state index is 0.454. The van der Waals surface area contributed by atoms with E-state index in [9.17, 15) is 0 Å². The van der Waals surface area contributed by atoms with Gasteiger partial charge in [0.05, 0.1) is 18.7 Å². The average Bonchev–Trinajstić information content (AvgIpc) is 2.46. The average molecular weight is 336 g/mol. The zero-order valence-electron chi connectivity index (χ0n) is 11.5. The van der Waals surface area contributed by atoms with E-state index in [0.29, 0.717) is 18.1 Å². The molecule has 3 nitrogen and oxygen atoms in total. The lowest BCUT2D eigenvalue weighted by atomic mass is 10.2. The molecule has 0 aliphatic carbocycles. The van der Waals surface area contributed by atoms with Crippen molar-refractivity contribution in [2.24, 2.45) is 0 Å². The van der Waals surface area contributed by atoms with E-state index in [-0.39, 0.29) is 0 Å². The highest BCUT2D eigenvalue weighted by molar-refractivity contribution is 9.10. The summed E-state index contributed by atoms with van der Waals surface area (Å²) < 4.78 is 17.1. The molecule has 2 aromatic rings. The molecule has 4 heteroatoms. The fourth-order valence-electron chi connectivity index (χ4n) is 1.79. The van der Waals surface area contributed by atoms with Crippen LogP contribution >= 0.6 is 15.9 Å². The first-order valence-corrected chi connectivity index (χ1v) is 6.88. The molecule has 0 heterocycles. The molecule has 0 aliphatic rings. The predicted molar refractivity (Wildman–Crippen MR) is 82.5 cm³/mol. The van der Waals surface area contributed by atoms with Crippen molar-refractivity contribution >= 4 is 15.9 Å². The van der Waals surface area contributed by atoms with Gasteiger partial charge < -0.3 is 14.2 Å². The van der Waals surface area contributed by atoms with E-state index in [2.05, 4.69) is 22.9 Å². The topological polar surface area (TPSA) is 27.7 Å². The Morgan fingerprint density at radius 3 is 2.35 bits per heavy atom. The molecule has 0 N–H and O–H groups in total. The summed E-state index contributed by atoms with van der Waals surface area (Å²) in [6, 6.07) is 11.5. The van der Waals surface area contributed by atoms with Gasteiger partial charge in [-0.1, -0.05) is 12.1 Å². The Balaban J connectivity index is 2.13. The van der Waals surface area contributed by atoms with Gasteiger partial charge in [0, 0.05) is 0 Å². The van der Waals surface area contributed by atoms with Crippen molar-refractivity contribution in [1.29, 1.82) is 0 Å². The van der Waals surface area contributed by atoms with Crippen LogP contribution in [-0.2, 0) is 6.61 Å². The number of rotatable bonds is 5. The summed E-state index contributed by atoms with van der Waals surface area (Å²) in [7, 11) is 3.26. The standard InChI is InChI=1S/C16H16BrO3/c1-11-8-14(17)16(15(9-11)19-3)20-10-12-4-6-13(18-2)7-5-12/h4-9H,1,10H2,2-3H3. The third-order valence-corrected chi connectivity index (χ3v) is 3.42. The number of ether oxygens (including phenoxy) is 3. The summed E-state index contributed by atoms with van der Waals surface area (Å²) in [5.41, 5.74) is 1.92. The van der Waals surface area contributed by atoms with Crippen LogP contribution < -0.4 is 14.2 Å². The highest BCUT2D eigenvalue weighted by atomic mass is 79.9. The van der Waals surface area contributed by atoms with Crippen molar-refractivity contribution in [1.82, 2.24) is 0 Å². The third kappa shape index (κ3) is 3.45. The Bertz CT molecular complexity index is 579. The second-order valence-electron chi connectivity index (χ2n) is 4.25. The van der Waals surface area contributed by atoms with Crippen molar-refractivity contribution in [3.63, 3.8) is 0 Å². The van der Waals surface area contributed by atoms with Crippen LogP contribution in [0, 0.1) is 6.92 Å². The van der Waals surface area contributed by atoms with Gasteiger partial charge in [-0.15, -0.1) is 0 Å². The first kappa shape index (κ1) is 14.7. The first-order chi connectivity index (χ1) is 9.63. The Kier molecular flexibility index (Phi) is 4.90. The minimum Gasteiger partial charge on any atom is -0.497 e. The number of hydrogen-bond acceptors (Lipinski definition) is 3. The summed E-state index contributed by atoms with van der Waals surface area (Å²) in [5.74, 6) is 2.17. The monoisotopic (exact) mass is 335 g/mol. The molecule has 0 saturated carbocycles. The fraction of sp³-hybridized carbons (Fsp3) is 0.188. The molecule has 20 heavy (non-hydrogen) atoms. The van der Waals surface area contributed by atoms with Crippen LogP contribution in [0.5, 0.6) is 17.2 Å². The lowest BCUT2D eigenvalue weighted by Gasteiger charge is -2.13. The van der Waals surface area contributed by atoms with E-state index < -0.39 is 0 Å². The Morgan fingerprint density at radius 1 is 1.05 bits per heavy atom. The minimum absolute atomic E-state index is 0.454. The summed E-state index contributed by atoms with van der Waals surface area (Å²) in [5, 5.41) is 0. The lowest BCUT2D eigenvalue weighted by Crippen LogP contribution is -1.99. The van der Waals surface area contributed by atoms with Gasteiger partial charge in [0.15, 0.2) is 11.5 Å². The van der Waals surface area contributed by atoms with Crippen molar-refractivity contribution in [3.05, 3.63) is 58.9 Å². The third-order valence-electron chi connectivity index (χ3n) is 2.83. The molecule has 2 aromatic carbocycles. The van der Waals surface area contributed by atoms with Crippen molar-refractivity contribution in [2.75, 3.05) is 14.2 Å². The molecule has 0 bridgehead atoms. The summed E-state index contributed by atoms with van der Waals surface area (Å²) in [6.45, 7) is 4.34. The Labute approximate surface area is 127 Å². The van der Waals surface area contributed by atoms with Crippen LogP contribution in [-0.4, -0.2) is 14.2 Å². The van der Waals surface area contributed by atoms with Gasteiger partial charge in [-0.05, 0) is 58.2 Å². The summed E-state index contributed by atoms with van der Waals surface area (Å²) >= 11 is 3.47. The quantitative estimate of drug-likeness (QED) is 0.818. The number of methoxy groups -OCH3 is 2. The van der Waals surface area contributed by atoms with E-state index >= 15 is 0 Å². The van der Waals surface area contributed by atoms with Gasteiger partial charge in [-0.25, -0.2) is 0 Å². The number of benzene rings is 2. The first-order valence-electron chi connectivity index (χ1n) is 6.09. The molecule has 0 aliphatic heterocycles. The fourth-order valence-corrected chi connectivity index (χ4v) is 2.39. The zero-order valence-corrected chi connectivity index (χ0v) is 13.1. The van der Waals surface area contributed by atoms with Crippen LogP contribution in [0.3, 0.4) is 0 Å². The molecule has 0 amide bonds. The molecular weight excluding hydrogens is 320 g/mol.